The van der Waals surface area contributed by atoms with E-state index < -0.39 is 0 Å². The van der Waals surface area contributed by atoms with Crippen molar-refractivity contribution in [3.8, 4) is 0 Å². The van der Waals surface area contributed by atoms with Crippen molar-refractivity contribution in [1.29, 1.82) is 0 Å². The van der Waals surface area contributed by atoms with E-state index >= 15 is 0 Å². The van der Waals surface area contributed by atoms with Crippen LogP contribution in [0, 0.1) is 0 Å². The van der Waals surface area contributed by atoms with Crippen LogP contribution in [0.2, 0.25) is 0 Å². The predicted octanol–water partition coefficient (Wildman–Crippen LogP) is 1.28. The minimum absolute atomic E-state index is 0.00666. The SMILES string of the molecule is c1cnc(Nc2cccc([C@@H]3CNCCO3)n2)nc1. The molecule has 0 aromatic carbocycles. The van der Waals surface area contributed by atoms with Crippen LogP contribution >= 0.6 is 0 Å². The number of pyridine rings is 1. The molecule has 3 heterocycles. The molecule has 2 aromatic heterocycles. The summed E-state index contributed by atoms with van der Waals surface area (Å²) in [4.78, 5) is 12.8. The Morgan fingerprint density at radius 2 is 2.11 bits per heavy atom. The fraction of sp³-hybridized carbons (Fsp3) is 0.308. The summed E-state index contributed by atoms with van der Waals surface area (Å²) < 4.78 is 5.69. The van der Waals surface area contributed by atoms with Gasteiger partial charge in [0.05, 0.1) is 12.3 Å². The first-order valence-corrected chi connectivity index (χ1v) is 6.25. The molecule has 6 nitrogen and oxygen atoms in total. The van der Waals surface area contributed by atoms with Crippen LogP contribution in [0.15, 0.2) is 36.7 Å². The Kier molecular flexibility index (Phi) is 3.62. The Bertz CT molecular complexity index is 528. The van der Waals surface area contributed by atoms with Crippen molar-refractivity contribution < 1.29 is 4.74 Å². The third kappa shape index (κ3) is 3.04. The zero-order valence-corrected chi connectivity index (χ0v) is 10.4. The van der Waals surface area contributed by atoms with Gasteiger partial charge in [-0.2, -0.15) is 0 Å². The van der Waals surface area contributed by atoms with Gasteiger partial charge in [0.15, 0.2) is 0 Å². The molecule has 1 fully saturated rings. The van der Waals surface area contributed by atoms with E-state index in [0.717, 1.165) is 24.6 Å². The van der Waals surface area contributed by atoms with E-state index in [1.807, 2.05) is 18.2 Å². The fourth-order valence-corrected chi connectivity index (χ4v) is 1.93. The third-order valence-electron chi connectivity index (χ3n) is 2.83. The summed E-state index contributed by atoms with van der Waals surface area (Å²) >= 11 is 0. The lowest BCUT2D eigenvalue weighted by atomic mass is 10.2. The van der Waals surface area contributed by atoms with Gasteiger partial charge in [0.1, 0.15) is 11.9 Å². The molecule has 2 N–H and O–H groups in total. The standard InChI is InChI=1S/C13H15N5O/c1-3-10(11-9-14-7-8-19-11)17-12(4-1)18-13-15-5-2-6-16-13/h1-6,11,14H,7-9H2,(H,15,16,17,18)/t11-/m0/s1. The molecule has 1 aliphatic rings. The van der Waals surface area contributed by atoms with Crippen molar-refractivity contribution in [2.45, 2.75) is 6.10 Å². The van der Waals surface area contributed by atoms with Crippen LogP contribution in [0.5, 0.6) is 0 Å². The van der Waals surface area contributed by atoms with E-state index in [-0.39, 0.29) is 6.10 Å². The van der Waals surface area contributed by atoms with Gasteiger partial charge in [-0.1, -0.05) is 6.07 Å². The normalized spacial score (nSPS) is 19.1. The predicted molar refractivity (Wildman–Crippen MR) is 71.1 cm³/mol. The number of hydrogen-bond acceptors (Lipinski definition) is 6. The van der Waals surface area contributed by atoms with Gasteiger partial charge in [0.2, 0.25) is 5.95 Å². The van der Waals surface area contributed by atoms with Gasteiger partial charge in [-0.25, -0.2) is 15.0 Å². The van der Waals surface area contributed by atoms with Gasteiger partial charge < -0.3 is 15.4 Å². The Morgan fingerprint density at radius 3 is 2.89 bits per heavy atom. The van der Waals surface area contributed by atoms with Crippen LogP contribution in [0.1, 0.15) is 11.8 Å². The molecule has 3 rings (SSSR count). The highest BCUT2D eigenvalue weighted by Gasteiger charge is 2.17. The molecule has 98 valence electrons. The van der Waals surface area contributed by atoms with Crippen LogP contribution in [-0.2, 0) is 4.74 Å². The summed E-state index contributed by atoms with van der Waals surface area (Å²) in [6, 6.07) is 7.58. The van der Waals surface area contributed by atoms with Gasteiger partial charge in [-0.05, 0) is 18.2 Å². The van der Waals surface area contributed by atoms with Gasteiger partial charge in [-0.15, -0.1) is 0 Å². The van der Waals surface area contributed by atoms with Gasteiger partial charge in [-0.3, -0.25) is 0 Å². The average molecular weight is 257 g/mol. The van der Waals surface area contributed by atoms with Crippen LogP contribution in [0.4, 0.5) is 11.8 Å². The van der Waals surface area contributed by atoms with Crippen LogP contribution < -0.4 is 10.6 Å². The Hall–Kier alpha value is -2.05. The van der Waals surface area contributed by atoms with Crippen LogP contribution in [0.25, 0.3) is 0 Å². The lowest BCUT2D eigenvalue weighted by molar-refractivity contribution is 0.0251. The third-order valence-corrected chi connectivity index (χ3v) is 2.83. The van der Waals surface area contributed by atoms with Crippen molar-refractivity contribution in [1.82, 2.24) is 20.3 Å². The first-order valence-electron chi connectivity index (χ1n) is 6.25. The summed E-state index contributed by atoms with van der Waals surface area (Å²) in [6.45, 7) is 2.40. The number of nitrogens with one attached hydrogen (secondary N) is 2. The van der Waals surface area contributed by atoms with Crippen molar-refractivity contribution >= 4 is 11.8 Å². The number of rotatable bonds is 3. The zero-order valence-electron chi connectivity index (χ0n) is 10.4. The molecule has 0 spiro atoms. The molecular weight excluding hydrogens is 242 g/mol. The quantitative estimate of drug-likeness (QED) is 0.863. The molecule has 1 saturated heterocycles. The van der Waals surface area contributed by atoms with Crippen LogP contribution in [-0.4, -0.2) is 34.6 Å². The van der Waals surface area contributed by atoms with E-state index in [4.69, 9.17) is 4.74 Å². The van der Waals surface area contributed by atoms with Crippen molar-refractivity contribution in [2.24, 2.45) is 0 Å². The molecule has 0 saturated carbocycles. The minimum Gasteiger partial charge on any atom is -0.369 e. The van der Waals surface area contributed by atoms with E-state index in [9.17, 15) is 0 Å². The van der Waals surface area contributed by atoms with Crippen molar-refractivity contribution in [2.75, 3.05) is 25.0 Å². The summed E-state index contributed by atoms with van der Waals surface area (Å²) in [5, 5.41) is 6.37. The Morgan fingerprint density at radius 1 is 1.21 bits per heavy atom. The highest BCUT2D eigenvalue weighted by molar-refractivity contribution is 5.47. The molecular formula is C13H15N5O. The molecule has 19 heavy (non-hydrogen) atoms. The minimum atomic E-state index is 0.00666. The summed E-state index contributed by atoms with van der Waals surface area (Å²) in [6.07, 6.45) is 3.38. The number of hydrogen-bond donors (Lipinski definition) is 2. The van der Waals surface area contributed by atoms with Crippen molar-refractivity contribution in [3.05, 3.63) is 42.4 Å². The second-order valence-electron chi connectivity index (χ2n) is 4.21. The van der Waals surface area contributed by atoms with Crippen molar-refractivity contribution in [3.63, 3.8) is 0 Å². The Balaban J connectivity index is 1.76. The highest BCUT2D eigenvalue weighted by Crippen LogP contribution is 2.19. The Labute approximate surface area is 111 Å². The largest absolute Gasteiger partial charge is 0.369 e. The molecule has 0 amide bonds. The highest BCUT2D eigenvalue weighted by atomic mass is 16.5. The smallest absolute Gasteiger partial charge is 0.228 e. The lowest BCUT2D eigenvalue weighted by Crippen LogP contribution is -2.33. The first-order chi connectivity index (χ1) is 9.42. The molecule has 2 aromatic rings. The van der Waals surface area contributed by atoms with E-state index in [1.165, 1.54) is 0 Å². The maximum absolute atomic E-state index is 5.69. The number of nitrogens with zero attached hydrogens (tertiary/aromatic N) is 3. The number of morpholine rings is 1. The molecule has 0 aliphatic carbocycles. The van der Waals surface area contributed by atoms with E-state index in [2.05, 4.69) is 25.6 Å². The molecule has 0 radical (unpaired) electrons. The zero-order chi connectivity index (χ0) is 12.9. The van der Waals surface area contributed by atoms with Gasteiger partial charge >= 0.3 is 0 Å². The fourth-order valence-electron chi connectivity index (χ4n) is 1.93. The van der Waals surface area contributed by atoms with Gasteiger partial charge in [0.25, 0.3) is 0 Å². The maximum atomic E-state index is 5.69. The molecule has 6 heteroatoms. The number of ether oxygens (including phenoxy) is 1. The lowest BCUT2D eigenvalue weighted by Gasteiger charge is -2.23. The van der Waals surface area contributed by atoms with Gasteiger partial charge in [0, 0.05) is 25.5 Å². The molecule has 1 atom stereocenters. The first kappa shape index (κ1) is 12.0. The number of anilines is 2. The summed E-state index contributed by atoms with van der Waals surface area (Å²) in [5.74, 6) is 1.26. The number of aromatic nitrogens is 3. The van der Waals surface area contributed by atoms with E-state index in [1.54, 1.807) is 18.5 Å². The second kappa shape index (κ2) is 5.73. The second-order valence-corrected chi connectivity index (χ2v) is 4.21. The summed E-state index contributed by atoms with van der Waals surface area (Å²) in [5.41, 5.74) is 0.910. The molecule has 1 aliphatic heterocycles. The molecule has 0 unspecified atom stereocenters. The average Bonchev–Trinajstić information content (AvgIpc) is 2.49. The van der Waals surface area contributed by atoms with Crippen LogP contribution in [0.3, 0.4) is 0 Å². The topological polar surface area (TPSA) is 72.0 Å². The monoisotopic (exact) mass is 257 g/mol. The van der Waals surface area contributed by atoms with E-state index in [0.29, 0.717) is 12.6 Å². The summed E-state index contributed by atoms with van der Waals surface area (Å²) in [7, 11) is 0. The molecule has 0 bridgehead atoms. The maximum Gasteiger partial charge on any atom is 0.228 e.